The molecule has 2 aromatic heterocycles. The van der Waals surface area contributed by atoms with Crippen LogP contribution in [-0.2, 0) is 19.5 Å². The minimum Gasteiger partial charge on any atom is -0.497 e. The summed E-state index contributed by atoms with van der Waals surface area (Å²) >= 11 is 1.69. The summed E-state index contributed by atoms with van der Waals surface area (Å²) in [7, 11) is 1.67. The molecule has 0 amide bonds. The molecule has 0 aliphatic heterocycles. The summed E-state index contributed by atoms with van der Waals surface area (Å²) in [5.74, 6) is 2.61. The smallest absolute Gasteiger partial charge is 0.191 e. The van der Waals surface area contributed by atoms with Gasteiger partial charge in [-0.3, -0.25) is 0 Å². The molecule has 0 saturated heterocycles. The molecule has 3 aromatic rings. The Labute approximate surface area is 157 Å². The second-order valence-corrected chi connectivity index (χ2v) is 6.53. The predicted octanol–water partition coefficient (Wildman–Crippen LogP) is 3.83. The van der Waals surface area contributed by atoms with Gasteiger partial charge in [-0.25, -0.2) is 4.99 Å². The van der Waals surface area contributed by atoms with Gasteiger partial charge in [0.05, 0.1) is 19.9 Å². The van der Waals surface area contributed by atoms with Gasteiger partial charge in [0.2, 0.25) is 0 Å². The zero-order valence-electron chi connectivity index (χ0n) is 14.8. The van der Waals surface area contributed by atoms with Gasteiger partial charge in [0.15, 0.2) is 5.96 Å². The molecule has 0 spiro atoms. The Kier molecular flexibility index (Phi) is 6.73. The van der Waals surface area contributed by atoms with E-state index in [1.165, 1.54) is 11.1 Å². The average Bonchev–Trinajstić information content (AvgIpc) is 3.38. The molecule has 0 saturated carbocycles. The maximum atomic E-state index is 5.37. The van der Waals surface area contributed by atoms with Crippen molar-refractivity contribution in [2.75, 3.05) is 13.7 Å². The Morgan fingerprint density at radius 2 is 2.00 bits per heavy atom. The van der Waals surface area contributed by atoms with E-state index in [4.69, 9.17) is 9.15 Å². The van der Waals surface area contributed by atoms with Gasteiger partial charge in [0, 0.05) is 19.5 Å². The molecule has 0 radical (unpaired) electrons. The molecule has 0 aliphatic rings. The van der Waals surface area contributed by atoms with Gasteiger partial charge in [-0.1, -0.05) is 12.1 Å². The number of nitrogens with zero attached hydrogens (tertiary/aromatic N) is 1. The van der Waals surface area contributed by atoms with E-state index in [1.54, 1.807) is 24.7 Å². The first-order valence-corrected chi connectivity index (χ1v) is 9.46. The standard InChI is InChI=1S/C20H23N3O2S/c1-24-18-6-4-16(5-7-18)13-22-20(23-14-17-9-12-26-15-17)21-10-8-19-3-2-11-25-19/h2-7,9,11-12,15H,8,10,13-14H2,1H3,(H2,21,22,23). The molecule has 1 aromatic carbocycles. The van der Waals surface area contributed by atoms with Gasteiger partial charge in [-0.15, -0.1) is 0 Å². The SMILES string of the molecule is COc1ccc(CNC(=NCc2ccsc2)NCCc2ccco2)cc1. The highest BCUT2D eigenvalue weighted by Crippen LogP contribution is 2.11. The predicted molar refractivity (Wildman–Crippen MR) is 106 cm³/mol. The van der Waals surface area contributed by atoms with Crippen LogP contribution >= 0.6 is 11.3 Å². The van der Waals surface area contributed by atoms with Gasteiger partial charge < -0.3 is 19.8 Å². The first-order chi connectivity index (χ1) is 12.8. The van der Waals surface area contributed by atoms with Crippen molar-refractivity contribution in [2.24, 2.45) is 4.99 Å². The van der Waals surface area contributed by atoms with E-state index in [2.05, 4.69) is 32.5 Å². The van der Waals surface area contributed by atoms with Crippen molar-refractivity contribution in [3.8, 4) is 5.75 Å². The van der Waals surface area contributed by atoms with Crippen molar-refractivity contribution in [3.63, 3.8) is 0 Å². The second-order valence-electron chi connectivity index (χ2n) is 5.75. The molecule has 3 rings (SSSR count). The van der Waals surface area contributed by atoms with E-state index >= 15 is 0 Å². The van der Waals surface area contributed by atoms with Crippen molar-refractivity contribution >= 4 is 17.3 Å². The summed E-state index contributed by atoms with van der Waals surface area (Å²) in [5, 5.41) is 10.9. The Hall–Kier alpha value is -2.73. The van der Waals surface area contributed by atoms with Crippen LogP contribution in [-0.4, -0.2) is 19.6 Å². The fourth-order valence-corrected chi connectivity index (χ4v) is 3.08. The molecule has 136 valence electrons. The van der Waals surface area contributed by atoms with Crippen LogP contribution in [0.2, 0.25) is 0 Å². The Balaban J connectivity index is 1.56. The van der Waals surface area contributed by atoms with Crippen molar-refractivity contribution in [3.05, 3.63) is 76.4 Å². The fourth-order valence-electron chi connectivity index (χ4n) is 2.42. The van der Waals surface area contributed by atoms with E-state index in [1.807, 2.05) is 36.4 Å². The normalized spacial score (nSPS) is 11.3. The lowest BCUT2D eigenvalue weighted by Crippen LogP contribution is -2.38. The highest BCUT2D eigenvalue weighted by Gasteiger charge is 2.02. The number of thiophene rings is 1. The van der Waals surface area contributed by atoms with Crippen molar-refractivity contribution < 1.29 is 9.15 Å². The molecule has 0 unspecified atom stereocenters. The van der Waals surface area contributed by atoms with Crippen LogP contribution in [0, 0.1) is 0 Å². The first kappa shape index (κ1) is 18.1. The van der Waals surface area contributed by atoms with Crippen molar-refractivity contribution in [1.29, 1.82) is 0 Å². The van der Waals surface area contributed by atoms with E-state index in [9.17, 15) is 0 Å². The van der Waals surface area contributed by atoms with Crippen LogP contribution in [0.5, 0.6) is 5.75 Å². The minimum atomic E-state index is 0.655. The van der Waals surface area contributed by atoms with Crippen LogP contribution in [0.4, 0.5) is 0 Å². The van der Waals surface area contributed by atoms with E-state index in [0.717, 1.165) is 30.4 Å². The molecule has 0 bridgehead atoms. The van der Waals surface area contributed by atoms with Gasteiger partial charge >= 0.3 is 0 Å². The number of ether oxygens (including phenoxy) is 1. The molecule has 6 heteroatoms. The van der Waals surface area contributed by atoms with Gasteiger partial charge in [0.1, 0.15) is 11.5 Å². The number of nitrogens with one attached hydrogen (secondary N) is 2. The Morgan fingerprint density at radius 3 is 2.69 bits per heavy atom. The highest BCUT2D eigenvalue weighted by atomic mass is 32.1. The lowest BCUT2D eigenvalue weighted by Gasteiger charge is -2.12. The number of rotatable bonds is 8. The highest BCUT2D eigenvalue weighted by molar-refractivity contribution is 7.07. The number of hydrogen-bond donors (Lipinski definition) is 2. The van der Waals surface area contributed by atoms with Gasteiger partial charge in [0.25, 0.3) is 0 Å². The maximum Gasteiger partial charge on any atom is 0.191 e. The number of furan rings is 1. The molecule has 0 aliphatic carbocycles. The lowest BCUT2D eigenvalue weighted by molar-refractivity contribution is 0.414. The van der Waals surface area contributed by atoms with Crippen molar-refractivity contribution in [2.45, 2.75) is 19.5 Å². The number of aliphatic imine (C=N–C) groups is 1. The topological polar surface area (TPSA) is 58.8 Å². The summed E-state index contributed by atoms with van der Waals surface area (Å²) in [4.78, 5) is 4.68. The average molecular weight is 369 g/mol. The van der Waals surface area contributed by atoms with Crippen LogP contribution in [0.25, 0.3) is 0 Å². The Morgan fingerprint density at radius 1 is 1.12 bits per heavy atom. The summed E-state index contributed by atoms with van der Waals surface area (Å²) in [6.45, 7) is 2.11. The first-order valence-electron chi connectivity index (χ1n) is 8.52. The quantitative estimate of drug-likeness (QED) is 0.468. The molecular formula is C20H23N3O2S. The molecule has 5 nitrogen and oxygen atoms in total. The largest absolute Gasteiger partial charge is 0.497 e. The molecule has 0 fully saturated rings. The molecular weight excluding hydrogens is 346 g/mol. The van der Waals surface area contributed by atoms with Gasteiger partial charge in [-0.2, -0.15) is 11.3 Å². The number of guanidine groups is 1. The van der Waals surface area contributed by atoms with Crippen LogP contribution in [0.1, 0.15) is 16.9 Å². The zero-order valence-corrected chi connectivity index (χ0v) is 15.6. The third kappa shape index (κ3) is 5.67. The fraction of sp³-hybridized carbons (Fsp3) is 0.250. The van der Waals surface area contributed by atoms with Crippen LogP contribution in [0.15, 0.2) is 68.9 Å². The van der Waals surface area contributed by atoms with E-state index < -0.39 is 0 Å². The zero-order chi connectivity index (χ0) is 18.0. The van der Waals surface area contributed by atoms with Crippen LogP contribution in [0.3, 0.4) is 0 Å². The summed E-state index contributed by atoms with van der Waals surface area (Å²) < 4.78 is 10.6. The summed E-state index contributed by atoms with van der Waals surface area (Å²) in [6.07, 6.45) is 2.51. The second kappa shape index (κ2) is 9.68. The van der Waals surface area contributed by atoms with Gasteiger partial charge in [-0.05, 0) is 52.2 Å². The molecule has 26 heavy (non-hydrogen) atoms. The molecule has 2 heterocycles. The Bertz CT molecular complexity index is 781. The van der Waals surface area contributed by atoms with Crippen molar-refractivity contribution in [1.82, 2.24) is 10.6 Å². The lowest BCUT2D eigenvalue weighted by atomic mass is 10.2. The van der Waals surface area contributed by atoms with E-state index in [0.29, 0.717) is 13.1 Å². The third-order valence-electron chi connectivity index (χ3n) is 3.86. The maximum absolute atomic E-state index is 5.37. The number of methoxy groups -OCH3 is 1. The monoisotopic (exact) mass is 369 g/mol. The summed E-state index contributed by atoms with van der Waals surface area (Å²) in [5.41, 5.74) is 2.38. The number of benzene rings is 1. The minimum absolute atomic E-state index is 0.655. The molecule has 2 N–H and O–H groups in total. The molecule has 0 atom stereocenters. The third-order valence-corrected chi connectivity index (χ3v) is 4.59. The summed E-state index contributed by atoms with van der Waals surface area (Å²) in [6, 6.07) is 14.0. The number of hydrogen-bond acceptors (Lipinski definition) is 4. The van der Waals surface area contributed by atoms with E-state index in [-0.39, 0.29) is 0 Å². The van der Waals surface area contributed by atoms with Crippen LogP contribution < -0.4 is 15.4 Å².